The van der Waals surface area contributed by atoms with E-state index in [-0.39, 0.29) is 0 Å². The summed E-state index contributed by atoms with van der Waals surface area (Å²) < 4.78 is 5.58. The highest BCUT2D eigenvalue weighted by Gasteiger charge is 2.16. The van der Waals surface area contributed by atoms with Gasteiger partial charge in [-0.2, -0.15) is 4.98 Å². The Morgan fingerprint density at radius 1 is 1.50 bits per heavy atom. The van der Waals surface area contributed by atoms with E-state index in [9.17, 15) is 0 Å². The fourth-order valence-corrected chi connectivity index (χ4v) is 2.80. The van der Waals surface area contributed by atoms with E-state index in [1.807, 2.05) is 7.05 Å². The Bertz CT molecular complexity index is 495. The molecule has 0 saturated heterocycles. The van der Waals surface area contributed by atoms with Crippen LogP contribution < -0.4 is 10.2 Å². The van der Waals surface area contributed by atoms with Crippen molar-refractivity contribution in [2.24, 2.45) is 0 Å². The molecule has 0 fully saturated rings. The van der Waals surface area contributed by atoms with Gasteiger partial charge in [-0.1, -0.05) is 13.0 Å². The Morgan fingerprint density at radius 3 is 3.05 bits per heavy atom. The second-order valence-electron chi connectivity index (χ2n) is 5.04. The van der Waals surface area contributed by atoms with Gasteiger partial charge in [0.2, 0.25) is 0 Å². The molecule has 0 aliphatic rings. The first-order chi connectivity index (χ1) is 9.70. The molecule has 110 valence electrons. The van der Waals surface area contributed by atoms with E-state index in [1.165, 1.54) is 4.88 Å². The number of nitrogens with one attached hydrogen (secondary N) is 1. The zero-order valence-corrected chi connectivity index (χ0v) is 13.2. The van der Waals surface area contributed by atoms with Crippen LogP contribution in [0.1, 0.15) is 30.8 Å². The first kappa shape index (κ1) is 15.1. The van der Waals surface area contributed by atoms with Crippen molar-refractivity contribution in [2.75, 3.05) is 18.5 Å². The van der Waals surface area contributed by atoms with Gasteiger partial charge in [0, 0.05) is 30.9 Å². The van der Waals surface area contributed by atoms with Gasteiger partial charge in [0.1, 0.15) is 6.26 Å². The van der Waals surface area contributed by atoms with Crippen LogP contribution >= 0.6 is 11.3 Å². The second kappa shape index (κ2) is 7.45. The van der Waals surface area contributed by atoms with Gasteiger partial charge in [-0.05, 0) is 31.3 Å². The molecule has 1 N–H and O–H groups in total. The van der Waals surface area contributed by atoms with Crippen molar-refractivity contribution < 1.29 is 4.42 Å². The van der Waals surface area contributed by atoms with E-state index in [0.29, 0.717) is 12.1 Å². The number of hydrogen-bond acceptors (Lipinski definition) is 5. The van der Waals surface area contributed by atoms with E-state index in [0.717, 1.165) is 31.6 Å². The number of nitrogens with zero attached hydrogens (tertiary/aromatic N) is 2. The lowest BCUT2D eigenvalue weighted by molar-refractivity contribution is 0.519. The van der Waals surface area contributed by atoms with Gasteiger partial charge >= 0.3 is 0 Å². The highest BCUT2D eigenvalue weighted by atomic mass is 32.1. The minimum absolute atomic E-state index is 0.365. The third kappa shape index (κ3) is 4.08. The van der Waals surface area contributed by atoms with Gasteiger partial charge in [-0.3, -0.25) is 0 Å². The molecule has 1 atom stereocenters. The molecule has 0 saturated carbocycles. The molecule has 0 bridgehead atoms. The average Bonchev–Trinajstić information content (AvgIpc) is 3.09. The van der Waals surface area contributed by atoms with Crippen LogP contribution in [0.3, 0.4) is 0 Å². The molecule has 0 spiro atoms. The molecule has 2 rings (SSSR count). The summed E-state index contributed by atoms with van der Waals surface area (Å²) in [5, 5.41) is 5.45. The van der Waals surface area contributed by atoms with Gasteiger partial charge in [0.15, 0.2) is 0 Å². The van der Waals surface area contributed by atoms with Crippen LogP contribution in [-0.2, 0) is 13.0 Å². The topological polar surface area (TPSA) is 41.3 Å². The molecule has 5 heteroatoms. The monoisotopic (exact) mass is 293 g/mol. The number of thiophene rings is 1. The Hall–Kier alpha value is -1.33. The number of aromatic nitrogens is 1. The smallest absolute Gasteiger partial charge is 0.297 e. The Labute approximate surface area is 124 Å². The average molecular weight is 293 g/mol. The van der Waals surface area contributed by atoms with Crippen molar-refractivity contribution >= 4 is 17.4 Å². The van der Waals surface area contributed by atoms with Gasteiger partial charge < -0.3 is 14.6 Å². The quantitative estimate of drug-likeness (QED) is 0.758. The summed E-state index contributed by atoms with van der Waals surface area (Å²) in [4.78, 5) is 8.02. The number of hydrogen-bond donors (Lipinski definition) is 1. The zero-order valence-electron chi connectivity index (χ0n) is 12.4. The summed E-state index contributed by atoms with van der Waals surface area (Å²) >= 11 is 1.79. The fourth-order valence-electron chi connectivity index (χ4n) is 1.98. The van der Waals surface area contributed by atoms with Gasteiger partial charge in [-0.15, -0.1) is 11.3 Å². The molecule has 2 aromatic rings. The highest BCUT2D eigenvalue weighted by Crippen LogP contribution is 2.19. The molecule has 0 amide bonds. The SMILES string of the molecule is CCCNCc1coc(N(C)C(C)Cc2cccs2)n1. The van der Waals surface area contributed by atoms with E-state index in [4.69, 9.17) is 4.42 Å². The van der Waals surface area contributed by atoms with E-state index < -0.39 is 0 Å². The lowest BCUT2D eigenvalue weighted by atomic mass is 10.2. The molecule has 2 aromatic heterocycles. The van der Waals surface area contributed by atoms with Crippen molar-refractivity contribution in [1.82, 2.24) is 10.3 Å². The van der Waals surface area contributed by atoms with Crippen LogP contribution in [0.4, 0.5) is 6.01 Å². The Kier molecular flexibility index (Phi) is 5.61. The second-order valence-corrected chi connectivity index (χ2v) is 6.07. The highest BCUT2D eigenvalue weighted by molar-refractivity contribution is 7.09. The summed E-state index contributed by atoms with van der Waals surface area (Å²) in [7, 11) is 2.04. The summed E-state index contributed by atoms with van der Waals surface area (Å²) in [6.45, 7) is 6.12. The maximum absolute atomic E-state index is 5.58. The molecule has 0 aromatic carbocycles. The van der Waals surface area contributed by atoms with Gasteiger partial charge in [0.25, 0.3) is 6.01 Å². The predicted octanol–water partition coefficient (Wildman–Crippen LogP) is 3.30. The lowest BCUT2D eigenvalue weighted by Crippen LogP contribution is -2.30. The van der Waals surface area contributed by atoms with Crippen molar-refractivity contribution in [3.63, 3.8) is 0 Å². The zero-order chi connectivity index (χ0) is 14.4. The van der Waals surface area contributed by atoms with Crippen LogP contribution in [-0.4, -0.2) is 24.6 Å². The molecule has 1 unspecified atom stereocenters. The molecule has 4 nitrogen and oxygen atoms in total. The maximum atomic E-state index is 5.58. The molecule has 0 radical (unpaired) electrons. The molecule has 20 heavy (non-hydrogen) atoms. The van der Waals surface area contributed by atoms with Gasteiger partial charge in [-0.25, -0.2) is 0 Å². The summed E-state index contributed by atoms with van der Waals surface area (Å²) in [5.41, 5.74) is 0.962. The van der Waals surface area contributed by atoms with Crippen molar-refractivity contribution in [3.8, 4) is 0 Å². The van der Waals surface area contributed by atoms with Crippen LogP contribution in [0.15, 0.2) is 28.2 Å². The maximum Gasteiger partial charge on any atom is 0.297 e. The standard InChI is InChI=1S/C15H23N3OS/c1-4-7-16-10-13-11-19-15(17-13)18(3)12(2)9-14-6-5-8-20-14/h5-6,8,11-12,16H,4,7,9-10H2,1-3H3. The van der Waals surface area contributed by atoms with Crippen molar-refractivity contribution in [2.45, 2.75) is 39.3 Å². The number of rotatable bonds is 8. The predicted molar refractivity (Wildman–Crippen MR) is 84.4 cm³/mol. The number of anilines is 1. The van der Waals surface area contributed by atoms with E-state index in [2.05, 4.69) is 46.6 Å². The van der Waals surface area contributed by atoms with Gasteiger partial charge in [0.05, 0.1) is 5.69 Å². The molecule has 0 aliphatic heterocycles. The molecule has 0 aliphatic carbocycles. The Balaban J connectivity index is 1.89. The Morgan fingerprint density at radius 2 is 2.35 bits per heavy atom. The van der Waals surface area contributed by atoms with Crippen LogP contribution in [0.25, 0.3) is 0 Å². The fraction of sp³-hybridized carbons (Fsp3) is 0.533. The molecular weight excluding hydrogens is 270 g/mol. The van der Waals surface area contributed by atoms with E-state index >= 15 is 0 Å². The van der Waals surface area contributed by atoms with Crippen molar-refractivity contribution in [3.05, 3.63) is 34.3 Å². The first-order valence-corrected chi connectivity index (χ1v) is 7.99. The summed E-state index contributed by atoms with van der Waals surface area (Å²) in [6.07, 6.45) is 3.88. The first-order valence-electron chi connectivity index (χ1n) is 7.11. The number of oxazole rings is 1. The normalized spacial score (nSPS) is 12.6. The third-order valence-electron chi connectivity index (χ3n) is 3.31. The third-order valence-corrected chi connectivity index (χ3v) is 4.21. The minimum atomic E-state index is 0.365. The minimum Gasteiger partial charge on any atom is -0.432 e. The number of likely N-dealkylation sites (N-methyl/N-ethyl adjacent to an activating group) is 1. The lowest BCUT2D eigenvalue weighted by Gasteiger charge is -2.22. The van der Waals surface area contributed by atoms with Crippen LogP contribution in [0.5, 0.6) is 0 Å². The van der Waals surface area contributed by atoms with Crippen LogP contribution in [0.2, 0.25) is 0 Å². The largest absolute Gasteiger partial charge is 0.432 e. The summed E-state index contributed by atoms with van der Waals surface area (Å²) in [5.74, 6) is 0. The van der Waals surface area contributed by atoms with Crippen molar-refractivity contribution in [1.29, 1.82) is 0 Å². The molecule has 2 heterocycles. The van der Waals surface area contributed by atoms with Crippen LogP contribution in [0, 0.1) is 0 Å². The molecular formula is C15H23N3OS. The van der Waals surface area contributed by atoms with E-state index in [1.54, 1.807) is 17.6 Å². The summed E-state index contributed by atoms with van der Waals surface area (Å²) in [6, 6.07) is 5.33.